The number of rotatable bonds is 8. The second-order valence-electron chi connectivity index (χ2n) is 6.57. The Morgan fingerprint density at radius 2 is 1.55 bits per heavy atom. The Morgan fingerprint density at radius 3 is 2.14 bits per heavy atom. The van der Waals surface area contributed by atoms with E-state index >= 15 is 0 Å². The van der Waals surface area contributed by atoms with E-state index in [2.05, 4.69) is 15.5 Å². The lowest BCUT2D eigenvalue weighted by atomic mass is 10.1. The van der Waals surface area contributed by atoms with Gasteiger partial charge in [-0.3, -0.25) is 9.89 Å². The number of aromatic amines is 1. The molecule has 1 aromatic heterocycles. The van der Waals surface area contributed by atoms with Crippen LogP contribution in [0.5, 0.6) is 17.2 Å². The predicted octanol–water partition coefficient (Wildman–Crippen LogP) is 3.78. The van der Waals surface area contributed by atoms with Crippen molar-refractivity contribution in [2.75, 3.05) is 26.6 Å². The highest BCUT2D eigenvalue weighted by Crippen LogP contribution is 2.25. The van der Waals surface area contributed by atoms with Crippen LogP contribution >= 0.6 is 0 Å². The zero-order chi connectivity index (χ0) is 20.8. The summed E-state index contributed by atoms with van der Waals surface area (Å²) in [7, 11) is 4.75. The first-order chi connectivity index (χ1) is 14.0. The number of H-pyrrole nitrogens is 1. The van der Waals surface area contributed by atoms with Gasteiger partial charge in [-0.15, -0.1) is 0 Å². The Labute approximate surface area is 170 Å². The molecule has 0 aliphatic carbocycles. The molecule has 29 heavy (non-hydrogen) atoms. The van der Waals surface area contributed by atoms with Crippen molar-refractivity contribution in [3.8, 4) is 17.2 Å². The Hall–Kier alpha value is -3.48. The summed E-state index contributed by atoms with van der Waals surface area (Å²) in [5, 5.41) is 10.3. The lowest BCUT2D eigenvalue weighted by Gasteiger charge is -2.10. The maximum Gasteiger partial charge on any atom is 0.256 e. The normalized spacial score (nSPS) is 10.5. The van der Waals surface area contributed by atoms with Gasteiger partial charge in [0.25, 0.3) is 5.91 Å². The zero-order valence-corrected chi connectivity index (χ0v) is 17.0. The molecule has 0 aliphatic rings. The molecule has 0 atom stereocenters. The summed E-state index contributed by atoms with van der Waals surface area (Å²) in [6.07, 6.45) is 1.48. The molecule has 7 nitrogen and oxygen atoms in total. The number of ether oxygens (including phenoxy) is 3. The van der Waals surface area contributed by atoms with Gasteiger partial charge in [0.05, 0.1) is 38.4 Å². The van der Waals surface area contributed by atoms with E-state index in [4.69, 9.17) is 14.2 Å². The second kappa shape index (κ2) is 9.14. The number of nitrogens with zero attached hydrogens (tertiary/aromatic N) is 1. The number of methoxy groups -OCH3 is 3. The minimum absolute atomic E-state index is 0.252. The highest BCUT2D eigenvalue weighted by atomic mass is 16.5. The number of carbonyl (C=O) groups is 1. The molecular formula is C22H25N3O4. The fraction of sp³-hybridized carbons (Fsp3) is 0.273. The molecule has 152 valence electrons. The van der Waals surface area contributed by atoms with Crippen LogP contribution < -0.4 is 19.5 Å². The fourth-order valence-corrected chi connectivity index (χ4v) is 3.01. The molecule has 7 heteroatoms. The van der Waals surface area contributed by atoms with Crippen LogP contribution in [0.15, 0.2) is 42.5 Å². The molecule has 0 saturated carbocycles. The maximum atomic E-state index is 12.8. The topological polar surface area (TPSA) is 85.5 Å². The van der Waals surface area contributed by atoms with Crippen LogP contribution in [0.3, 0.4) is 0 Å². The van der Waals surface area contributed by atoms with Crippen LogP contribution in [0, 0.1) is 6.92 Å². The summed E-state index contributed by atoms with van der Waals surface area (Å²) < 4.78 is 15.7. The predicted molar refractivity (Wildman–Crippen MR) is 111 cm³/mol. The third kappa shape index (κ3) is 4.87. The van der Waals surface area contributed by atoms with Gasteiger partial charge in [0.1, 0.15) is 17.2 Å². The summed E-state index contributed by atoms with van der Waals surface area (Å²) >= 11 is 0. The summed E-state index contributed by atoms with van der Waals surface area (Å²) in [4.78, 5) is 12.8. The first-order valence-corrected chi connectivity index (χ1v) is 9.25. The molecule has 0 unspecified atom stereocenters. The van der Waals surface area contributed by atoms with Crippen molar-refractivity contribution in [1.29, 1.82) is 0 Å². The number of aromatic nitrogens is 2. The lowest BCUT2D eigenvalue weighted by Crippen LogP contribution is -2.14. The molecule has 1 amide bonds. The Balaban J connectivity index is 1.74. The van der Waals surface area contributed by atoms with E-state index < -0.39 is 0 Å². The van der Waals surface area contributed by atoms with Gasteiger partial charge in [-0.05, 0) is 49.6 Å². The largest absolute Gasteiger partial charge is 0.497 e. The molecule has 2 N–H and O–H groups in total. The average Bonchev–Trinajstić information content (AvgIpc) is 3.11. The van der Waals surface area contributed by atoms with Crippen LogP contribution in [0.1, 0.15) is 27.3 Å². The first-order valence-electron chi connectivity index (χ1n) is 9.25. The van der Waals surface area contributed by atoms with E-state index in [1.165, 1.54) is 5.56 Å². The minimum Gasteiger partial charge on any atom is -0.497 e. The number of hydrogen-bond donors (Lipinski definition) is 2. The standard InChI is InChI=1S/C22H25N3O4/c1-14-21(23-22(26)16-11-18(28-3)13-19(12-16)29-4)20(25-24-14)10-7-15-5-8-17(27-2)9-6-15/h5-6,8-9,11-13H,7,10H2,1-4H3,(H,23,26)(H,24,25). The number of aryl methyl sites for hydroxylation is 3. The van der Waals surface area contributed by atoms with Crippen LogP contribution in [0.4, 0.5) is 5.69 Å². The molecule has 0 fully saturated rings. The van der Waals surface area contributed by atoms with Crippen molar-refractivity contribution < 1.29 is 19.0 Å². The number of hydrogen-bond acceptors (Lipinski definition) is 5. The molecule has 3 aromatic rings. The van der Waals surface area contributed by atoms with Crippen molar-refractivity contribution in [2.45, 2.75) is 19.8 Å². The van der Waals surface area contributed by atoms with Gasteiger partial charge in [-0.1, -0.05) is 12.1 Å². The highest BCUT2D eigenvalue weighted by Gasteiger charge is 2.16. The first kappa shape index (κ1) is 20.3. The second-order valence-corrected chi connectivity index (χ2v) is 6.57. The van der Waals surface area contributed by atoms with Gasteiger partial charge < -0.3 is 19.5 Å². The maximum absolute atomic E-state index is 12.8. The number of carbonyl (C=O) groups excluding carboxylic acids is 1. The molecule has 0 spiro atoms. The Morgan fingerprint density at radius 1 is 0.931 bits per heavy atom. The van der Waals surface area contributed by atoms with E-state index in [0.29, 0.717) is 29.2 Å². The number of benzene rings is 2. The van der Waals surface area contributed by atoms with Crippen molar-refractivity contribution >= 4 is 11.6 Å². The molecule has 0 aliphatic heterocycles. The third-order valence-corrected chi connectivity index (χ3v) is 4.68. The fourth-order valence-electron chi connectivity index (χ4n) is 3.01. The van der Waals surface area contributed by atoms with Crippen LogP contribution in [0.25, 0.3) is 0 Å². The Kier molecular flexibility index (Phi) is 6.39. The van der Waals surface area contributed by atoms with Crippen molar-refractivity contribution in [2.24, 2.45) is 0 Å². The van der Waals surface area contributed by atoms with E-state index in [-0.39, 0.29) is 5.91 Å². The van der Waals surface area contributed by atoms with Crippen LogP contribution in [0.2, 0.25) is 0 Å². The van der Waals surface area contributed by atoms with Crippen molar-refractivity contribution in [3.05, 3.63) is 65.0 Å². The zero-order valence-electron chi connectivity index (χ0n) is 17.0. The summed E-state index contributed by atoms with van der Waals surface area (Å²) in [6, 6.07) is 13.0. The third-order valence-electron chi connectivity index (χ3n) is 4.68. The van der Waals surface area contributed by atoms with Gasteiger partial charge >= 0.3 is 0 Å². The van der Waals surface area contributed by atoms with Crippen LogP contribution in [-0.2, 0) is 12.8 Å². The SMILES string of the molecule is COc1ccc(CCc2n[nH]c(C)c2NC(=O)c2cc(OC)cc(OC)c2)cc1. The van der Waals surface area contributed by atoms with Gasteiger partial charge in [0.15, 0.2) is 0 Å². The van der Waals surface area contributed by atoms with Gasteiger partial charge in [-0.25, -0.2) is 0 Å². The van der Waals surface area contributed by atoms with Crippen LogP contribution in [-0.4, -0.2) is 37.4 Å². The van der Waals surface area contributed by atoms with Gasteiger partial charge in [-0.2, -0.15) is 5.10 Å². The van der Waals surface area contributed by atoms with Crippen molar-refractivity contribution in [1.82, 2.24) is 10.2 Å². The highest BCUT2D eigenvalue weighted by molar-refractivity contribution is 6.05. The number of anilines is 1. The minimum atomic E-state index is -0.252. The molecule has 0 saturated heterocycles. The summed E-state index contributed by atoms with van der Waals surface area (Å²) in [5.74, 6) is 1.68. The molecule has 2 aromatic carbocycles. The lowest BCUT2D eigenvalue weighted by molar-refractivity contribution is 0.102. The smallest absolute Gasteiger partial charge is 0.256 e. The average molecular weight is 395 g/mol. The molecule has 0 radical (unpaired) electrons. The summed E-state index contributed by atoms with van der Waals surface area (Å²) in [5.41, 5.74) is 3.92. The Bertz CT molecular complexity index is 958. The molecule has 3 rings (SSSR count). The molecule has 1 heterocycles. The van der Waals surface area contributed by atoms with E-state index in [1.807, 2.05) is 31.2 Å². The van der Waals surface area contributed by atoms with Crippen molar-refractivity contribution in [3.63, 3.8) is 0 Å². The van der Waals surface area contributed by atoms with E-state index in [9.17, 15) is 4.79 Å². The van der Waals surface area contributed by atoms with Gasteiger partial charge in [0.2, 0.25) is 0 Å². The van der Waals surface area contributed by atoms with Gasteiger partial charge in [0, 0.05) is 11.6 Å². The summed E-state index contributed by atoms with van der Waals surface area (Å²) in [6.45, 7) is 1.88. The van der Waals surface area contributed by atoms with E-state index in [1.54, 1.807) is 39.5 Å². The van der Waals surface area contributed by atoms with E-state index in [0.717, 1.165) is 23.6 Å². The monoisotopic (exact) mass is 395 g/mol. The molecule has 0 bridgehead atoms. The number of amides is 1. The quantitative estimate of drug-likeness (QED) is 0.606. The number of nitrogens with one attached hydrogen (secondary N) is 2. The molecular weight excluding hydrogens is 370 g/mol.